The fourth-order valence-corrected chi connectivity index (χ4v) is 2.47. The van der Waals surface area contributed by atoms with Gasteiger partial charge in [-0.1, -0.05) is 0 Å². The maximum Gasteiger partial charge on any atom is 0.261 e. The first kappa shape index (κ1) is 14.3. The van der Waals surface area contributed by atoms with Crippen molar-refractivity contribution in [2.24, 2.45) is 7.05 Å². The van der Waals surface area contributed by atoms with E-state index in [-0.39, 0.29) is 12.0 Å². The summed E-state index contributed by atoms with van der Waals surface area (Å²) in [5.41, 5.74) is 0.463. The molecular weight excluding hydrogens is 286 g/mol. The fourth-order valence-electron chi connectivity index (χ4n) is 2.47. The van der Waals surface area contributed by atoms with Crippen molar-refractivity contribution in [1.29, 1.82) is 0 Å². The van der Waals surface area contributed by atoms with Gasteiger partial charge in [-0.25, -0.2) is 0 Å². The van der Waals surface area contributed by atoms with Gasteiger partial charge in [-0.2, -0.15) is 5.10 Å². The summed E-state index contributed by atoms with van der Waals surface area (Å²) in [5, 5.41) is 11.8. The summed E-state index contributed by atoms with van der Waals surface area (Å²) in [4.78, 5) is 14.3. The van der Waals surface area contributed by atoms with E-state index in [1.54, 1.807) is 41.2 Å². The molecule has 8 nitrogen and oxygen atoms in total. The van der Waals surface area contributed by atoms with E-state index in [2.05, 4.69) is 15.3 Å². The van der Waals surface area contributed by atoms with Gasteiger partial charge in [-0.3, -0.25) is 9.48 Å². The van der Waals surface area contributed by atoms with Gasteiger partial charge in [0.1, 0.15) is 11.7 Å². The van der Waals surface area contributed by atoms with Crippen LogP contribution in [0.15, 0.2) is 24.5 Å². The molecule has 0 bridgehead atoms. The number of aromatic nitrogens is 4. The molecule has 0 aliphatic carbocycles. The van der Waals surface area contributed by atoms with Crippen LogP contribution in [0.4, 0.5) is 0 Å². The number of likely N-dealkylation sites (tertiary alicyclic amines) is 1. The van der Waals surface area contributed by atoms with E-state index >= 15 is 0 Å². The Kier molecular flexibility index (Phi) is 3.90. The second kappa shape index (κ2) is 6.00. The zero-order chi connectivity index (χ0) is 15.5. The lowest BCUT2D eigenvalue weighted by Crippen LogP contribution is -2.31. The van der Waals surface area contributed by atoms with Gasteiger partial charge >= 0.3 is 0 Å². The number of carbonyl (C=O) groups is 1. The van der Waals surface area contributed by atoms with Crippen LogP contribution in [0, 0.1) is 0 Å². The number of rotatable bonds is 4. The first-order valence-corrected chi connectivity index (χ1v) is 6.98. The standard InChI is InChI=1S/C14H17N5O3/c1-18-9-11(13(17-18)21-2)14(20)19-7-5-10(8-19)22-12-4-3-6-15-16-12/h3-4,6,9-10H,5,7-8H2,1-2H3. The topological polar surface area (TPSA) is 82.4 Å². The number of hydrogen-bond acceptors (Lipinski definition) is 6. The maximum atomic E-state index is 12.5. The third-order valence-corrected chi connectivity index (χ3v) is 3.49. The summed E-state index contributed by atoms with van der Waals surface area (Å²) >= 11 is 0. The maximum absolute atomic E-state index is 12.5. The van der Waals surface area contributed by atoms with Crippen LogP contribution in [-0.2, 0) is 7.05 Å². The average Bonchev–Trinajstić information content (AvgIpc) is 3.14. The molecule has 0 radical (unpaired) electrons. The van der Waals surface area contributed by atoms with Crippen molar-refractivity contribution in [1.82, 2.24) is 24.9 Å². The first-order valence-electron chi connectivity index (χ1n) is 6.98. The Hall–Kier alpha value is -2.64. The van der Waals surface area contributed by atoms with Crippen molar-refractivity contribution >= 4 is 5.91 Å². The SMILES string of the molecule is COc1nn(C)cc1C(=O)N1CCC(Oc2cccnn2)C1. The van der Waals surface area contributed by atoms with Crippen molar-refractivity contribution in [3.63, 3.8) is 0 Å². The highest BCUT2D eigenvalue weighted by molar-refractivity contribution is 5.96. The highest BCUT2D eigenvalue weighted by Gasteiger charge is 2.31. The highest BCUT2D eigenvalue weighted by Crippen LogP contribution is 2.22. The van der Waals surface area contributed by atoms with Gasteiger partial charge in [-0.05, 0) is 6.07 Å². The number of amides is 1. The normalized spacial score (nSPS) is 17.5. The molecule has 2 aromatic heterocycles. The highest BCUT2D eigenvalue weighted by atomic mass is 16.5. The van der Waals surface area contributed by atoms with E-state index in [1.807, 2.05) is 0 Å². The van der Waals surface area contributed by atoms with Crippen LogP contribution >= 0.6 is 0 Å². The van der Waals surface area contributed by atoms with Gasteiger partial charge in [0.15, 0.2) is 0 Å². The Labute approximate surface area is 127 Å². The molecule has 2 aromatic rings. The Morgan fingerprint density at radius 3 is 3.05 bits per heavy atom. The van der Waals surface area contributed by atoms with Crippen LogP contribution in [-0.4, -0.2) is 57.1 Å². The minimum atomic E-state index is -0.102. The van der Waals surface area contributed by atoms with Crippen molar-refractivity contribution in [3.05, 3.63) is 30.1 Å². The molecular formula is C14H17N5O3. The van der Waals surface area contributed by atoms with Crippen LogP contribution < -0.4 is 9.47 Å². The lowest BCUT2D eigenvalue weighted by Gasteiger charge is -2.16. The molecule has 1 aliphatic heterocycles. The minimum absolute atomic E-state index is 0.0803. The number of nitrogens with zero attached hydrogens (tertiary/aromatic N) is 5. The van der Waals surface area contributed by atoms with Gasteiger partial charge in [0.2, 0.25) is 11.8 Å². The third kappa shape index (κ3) is 2.85. The van der Waals surface area contributed by atoms with E-state index < -0.39 is 0 Å². The summed E-state index contributed by atoms with van der Waals surface area (Å²) in [7, 11) is 3.26. The zero-order valence-corrected chi connectivity index (χ0v) is 12.5. The second-order valence-corrected chi connectivity index (χ2v) is 5.07. The number of hydrogen-bond donors (Lipinski definition) is 0. The number of aryl methyl sites for hydroxylation is 1. The molecule has 3 rings (SSSR count). The smallest absolute Gasteiger partial charge is 0.261 e. The van der Waals surface area contributed by atoms with E-state index in [0.717, 1.165) is 6.42 Å². The Morgan fingerprint density at radius 2 is 2.32 bits per heavy atom. The number of carbonyl (C=O) groups excluding carboxylic acids is 1. The van der Waals surface area contributed by atoms with Crippen molar-refractivity contribution in [2.45, 2.75) is 12.5 Å². The van der Waals surface area contributed by atoms with Crippen molar-refractivity contribution in [3.8, 4) is 11.8 Å². The van der Waals surface area contributed by atoms with Crippen molar-refractivity contribution in [2.75, 3.05) is 20.2 Å². The molecule has 0 spiro atoms. The molecule has 0 aromatic carbocycles. The molecule has 22 heavy (non-hydrogen) atoms. The van der Waals surface area contributed by atoms with E-state index in [1.165, 1.54) is 7.11 Å². The van der Waals surface area contributed by atoms with Gasteiger partial charge in [-0.15, -0.1) is 10.2 Å². The van der Waals surface area contributed by atoms with Gasteiger partial charge in [0.25, 0.3) is 5.91 Å². The lowest BCUT2D eigenvalue weighted by atomic mass is 10.3. The third-order valence-electron chi connectivity index (χ3n) is 3.49. The van der Waals surface area contributed by atoms with E-state index in [9.17, 15) is 4.79 Å². The molecule has 1 unspecified atom stereocenters. The summed E-state index contributed by atoms with van der Waals surface area (Å²) in [5.74, 6) is 0.710. The zero-order valence-electron chi connectivity index (χ0n) is 12.5. The monoisotopic (exact) mass is 303 g/mol. The predicted octanol–water partition coefficient (Wildman–Crippen LogP) is 0.512. The van der Waals surface area contributed by atoms with Crippen LogP contribution in [0.2, 0.25) is 0 Å². The van der Waals surface area contributed by atoms with Gasteiger partial charge in [0.05, 0.1) is 13.7 Å². The summed E-state index contributed by atoms with van der Waals surface area (Å²) in [6, 6.07) is 3.52. The minimum Gasteiger partial charge on any atom is -0.479 e. The Morgan fingerprint density at radius 1 is 1.45 bits per heavy atom. The van der Waals surface area contributed by atoms with Crippen LogP contribution in [0.1, 0.15) is 16.8 Å². The van der Waals surface area contributed by atoms with Crippen LogP contribution in [0.5, 0.6) is 11.8 Å². The molecule has 116 valence electrons. The van der Waals surface area contributed by atoms with Gasteiger partial charge in [0, 0.05) is 38.5 Å². The molecule has 1 aliphatic rings. The molecule has 1 atom stereocenters. The van der Waals surface area contributed by atoms with E-state index in [4.69, 9.17) is 9.47 Å². The lowest BCUT2D eigenvalue weighted by molar-refractivity contribution is 0.0767. The second-order valence-electron chi connectivity index (χ2n) is 5.07. The number of methoxy groups -OCH3 is 1. The molecule has 0 N–H and O–H groups in total. The molecule has 1 amide bonds. The largest absolute Gasteiger partial charge is 0.479 e. The predicted molar refractivity (Wildman–Crippen MR) is 76.7 cm³/mol. The summed E-state index contributed by atoms with van der Waals surface area (Å²) in [6.45, 7) is 1.13. The van der Waals surface area contributed by atoms with Crippen LogP contribution in [0.3, 0.4) is 0 Å². The fraction of sp³-hybridized carbons (Fsp3) is 0.429. The first-order chi connectivity index (χ1) is 10.7. The van der Waals surface area contributed by atoms with Crippen LogP contribution in [0.25, 0.3) is 0 Å². The van der Waals surface area contributed by atoms with Crippen molar-refractivity contribution < 1.29 is 14.3 Å². The van der Waals surface area contributed by atoms with E-state index in [0.29, 0.717) is 30.4 Å². The Bertz CT molecular complexity index is 658. The Balaban J connectivity index is 1.66. The summed E-state index contributed by atoms with van der Waals surface area (Å²) in [6.07, 6.45) is 3.93. The number of ether oxygens (including phenoxy) is 2. The quantitative estimate of drug-likeness (QED) is 0.818. The summed E-state index contributed by atoms with van der Waals surface area (Å²) < 4.78 is 12.4. The molecule has 1 saturated heterocycles. The molecule has 3 heterocycles. The average molecular weight is 303 g/mol. The molecule has 1 fully saturated rings. The molecule has 0 saturated carbocycles. The van der Waals surface area contributed by atoms with Gasteiger partial charge < -0.3 is 14.4 Å². The molecule has 8 heteroatoms.